The Morgan fingerprint density at radius 1 is 1.35 bits per heavy atom. The molecule has 2 N–H and O–H groups in total. The monoisotopic (exact) mass is 317 g/mol. The van der Waals surface area contributed by atoms with Crippen molar-refractivity contribution in [3.8, 4) is 0 Å². The molecule has 110 valence electrons. The Morgan fingerprint density at radius 3 is 2.50 bits per heavy atom. The minimum atomic E-state index is -3.75. The third-order valence-corrected chi connectivity index (χ3v) is 5.53. The van der Waals surface area contributed by atoms with Crippen molar-refractivity contribution >= 4 is 27.6 Å². The zero-order chi connectivity index (χ0) is 15.0. The SMILES string of the molecule is CC1(NS(=O)(=O)c2ccc(Cl)c(C(=O)O)c2)CCCC1. The Kier molecular flexibility index (Phi) is 4.09. The molecule has 1 aromatic rings. The summed E-state index contributed by atoms with van der Waals surface area (Å²) in [4.78, 5) is 10.9. The van der Waals surface area contributed by atoms with E-state index < -0.39 is 21.5 Å². The second-order valence-electron chi connectivity index (χ2n) is 5.32. The summed E-state index contributed by atoms with van der Waals surface area (Å²) in [5.41, 5.74) is -0.673. The molecule has 0 radical (unpaired) electrons. The van der Waals surface area contributed by atoms with E-state index in [0.717, 1.165) is 31.7 Å². The van der Waals surface area contributed by atoms with E-state index in [1.54, 1.807) is 0 Å². The van der Waals surface area contributed by atoms with Crippen LogP contribution in [0.15, 0.2) is 23.1 Å². The first-order valence-electron chi connectivity index (χ1n) is 6.30. The summed E-state index contributed by atoms with van der Waals surface area (Å²) < 4.78 is 27.3. The number of hydrogen-bond acceptors (Lipinski definition) is 3. The van der Waals surface area contributed by atoms with Gasteiger partial charge < -0.3 is 5.11 Å². The highest BCUT2D eigenvalue weighted by Gasteiger charge is 2.33. The Labute approximate surface area is 123 Å². The number of carboxylic acids is 1. The topological polar surface area (TPSA) is 83.5 Å². The summed E-state index contributed by atoms with van der Waals surface area (Å²) in [5, 5.41) is 9.01. The number of aromatic carboxylic acids is 1. The Hall–Kier alpha value is -1.11. The fraction of sp³-hybridized carbons (Fsp3) is 0.462. The van der Waals surface area contributed by atoms with Crippen LogP contribution in [0.1, 0.15) is 43.0 Å². The first-order chi connectivity index (χ1) is 9.23. The zero-order valence-electron chi connectivity index (χ0n) is 11.0. The number of sulfonamides is 1. The van der Waals surface area contributed by atoms with Gasteiger partial charge in [0.15, 0.2) is 0 Å². The molecule has 7 heteroatoms. The first-order valence-corrected chi connectivity index (χ1v) is 8.16. The van der Waals surface area contributed by atoms with Gasteiger partial charge in [-0.1, -0.05) is 24.4 Å². The van der Waals surface area contributed by atoms with E-state index in [1.807, 2.05) is 6.92 Å². The van der Waals surface area contributed by atoms with Crippen LogP contribution in [0.5, 0.6) is 0 Å². The molecule has 0 saturated heterocycles. The molecule has 2 rings (SSSR count). The van der Waals surface area contributed by atoms with E-state index in [2.05, 4.69) is 4.72 Å². The van der Waals surface area contributed by atoms with Gasteiger partial charge in [0.05, 0.1) is 15.5 Å². The van der Waals surface area contributed by atoms with Gasteiger partial charge in [-0.3, -0.25) is 0 Å². The van der Waals surface area contributed by atoms with Crippen molar-refractivity contribution in [2.75, 3.05) is 0 Å². The van der Waals surface area contributed by atoms with Crippen LogP contribution < -0.4 is 4.72 Å². The van der Waals surface area contributed by atoms with Crippen molar-refractivity contribution < 1.29 is 18.3 Å². The molecule has 1 saturated carbocycles. The molecular formula is C13H16ClNO4S. The van der Waals surface area contributed by atoms with Crippen LogP contribution in [-0.2, 0) is 10.0 Å². The van der Waals surface area contributed by atoms with Gasteiger partial charge in [0.1, 0.15) is 0 Å². The molecule has 1 aromatic carbocycles. The fourth-order valence-corrected chi connectivity index (χ4v) is 4.17. The van der Waals surface area contributed by atoms with Gasteiger partial charge in [0.25, 0.3) is 0 Å². The van der Waals surface area contributed by atoms with Crippen molar-refractivity contribution in [1.29, 1.82) is 0 Å². The molecule has 20 heavy (non-hydrogen) atoms. The smallest absolute Gasteiger partial charge is 0.337 e. The molecule has 1 aliphatic rings. The molecule has 0 bridgehead atoms. The number of nitrogens with one attached hydrogen (secondary N) is 1. The molecule has 0 atom stereocenters. The number of carboxylic acid groups (broad SMARTS) is 1. The lowest BCUT2D eigenvalue weighted by Gasteiger charge is -2.25. The fourth-order valence-electron chi connectivity index (χ4n) is 2.48. The number of hydrogen-bond donors (Lipinski definition) is 2. The molecular weight excluding hydrogens is 302 g/mol. The van der Waals surface area contributed by atoms with Crippen molar-refractivity contribution in [3.05, 3.63) is 28.8 Å². The van der Waals surface area contributed by atoms with Gasteiger partial charge in [0.2, 0.25) is 10.0 Å². The van der Waals surface area contributed by atoms with Crippen LogP contribution in [0, 0.1) is 0 Å². The Bertz CT molecular complexity index is 636. The maximum absolute atomic E-state index is 12.3. The van der Waals surface area contributed by atoms with Crippen LogP contribution in [0.25, 0.3) is 0 Å². The van der Waals surface area contributed by atoms with E-state index in [4.69, 9.17) is 16.7 Å². The van der Waals surface area contributed by atoms with E-state index in [0.29, 0.717) is 0 Å². The third-order valence-electron chi connectivity index (χ3n) is 3.57. The highest BCUT2D eigenvalue weighted by atomic mass is 35.5. The van der Waals surface area contributed by atoms with E-state index >= 15 is 0 Å². The van der Waals surface area contributed by atoms with E-state index in [1.165, 1.54) is 12.1 Å². The minimum absolute atomic E-state index is 0.0172. The van der Waals surface area contributed by atoms with Crippen LogP contribution in [0.2, 0.25) is 5.02 Å². The summed E-state index contributed by atoms with van der Waals surface area (Å²) in [6.45, 7) is 1.87. The lowest BCUT2D eigenvalue weighted by atomic mass is 10.0. The number of benzene rings is 1. The number of halogens is 1. The van der Waals surface area contributed by atoms with Crippen molar-refractivity contribution in [3.63, 3.8) is 0 Å². The zero-order valence-corrected chi connectivity index (χ0v) is 12.6. The summed E-state index contributed by atoms with van der Waals surface area (Å²) in [5.74, 6) is -1.25. The largest absolute Gasteiger partial charge is 0.478 e. The molecule has 0 amide bonds. The first kappa shape index (κ1) is 15.3. The quantitative estimate of drug-likeness (QED) is 0.894. The van der Waals surface area contributed by atoms with Gasteiger partial charge >= 0.3 is 5.97 Å². The van der Waals surface area contributed by atoms with E-state index in [-0.39, 0.29) is 15.5 Å². The second-order valence-corrected chi connectivity index (χ2v) is 7.41. The van der Waals surface area contributed by atoms with Gasteiger partial charge in [0, 0.05) is 5.54 Å². The molecule has 1 aliphatic carbocycles. The maximum atomic E-state index is 12.3. The van der Waals surface area contributed by atoms with Gasteiger partial charge in [-0.05, 0) is 38.0 Å². The predicted octanol–water partition coefficient (Wildman–Crippen LogP) is 2.65. The molecule has 0 aliphatic heterocycles. The molecule has 0 heterocycles. The highest BCUT2D eigenvalue weighted by molar-refractivity contribution is 7.89. The standard InChI is InChI=1S/C13H16ClNO4S/c1-13(6-2-3-7-13)15-20(18,19)9-4-5-11(14)10(8-9)12(16)17/h4-5,8,15H,2-3,6-7H2,1H3,(H,16,17). The molecule has 0 spiro atoms. The summed E-state index contributed by atoms with van der Waals surface area (Å²) in [6.07, 6.45) is 3.54. The Balaban J connectivity index is 2.34. The maximum Gasteiger partial charge on any atom is 0.337 e. The van der Waals surface area contributed by atoms with Gasteiger partial charge in [-0.25, -0.2) is 17.9 Å². The van der Waals surface area contributed by atoms with Crippen molar-refractivity contribution in [2.45, 2.75) is 43.0 Å². The predicted molar refractivity (Wildman–Crippen MR) is 75.6 cm³/mol. The average molecular weight is 318 g/mol. The molecule has 0 unspecified atom stereocenters. The van der Waals surface area contributed by atoms with E-state index in [9.17, 15) is 13.2 Å². The summed E-state index contributed by atoms with van der Waals surface area (Å²) in [7, 11) is -3.75. The Morgan fingerprint density at radius 2 is 1.95 bits per heavy atom. The van der Waals surface area contributed by atoms with Crippen molar-refractivity contribution in [2.24, 2.45) is 0 Å². The normalized spacial score (nSPS) is 18.1. The molecule has 1 fully saturated rings. The van der Waals surface area contributed by atoms with Crippen LogP contribution in [0.3, 0.4) is 0 Å². The van der Waals surface area contributed by atoms with Crippen LogP contribution in [0.4, 0.5) is 0 Å². The second kappa shape index (κ2) is 5.35. The third kappa shape index (κ3) is 3.13. The van der Waals surface area contributed by atoms with Gasteiger partial charge in [-0.2, -0.15) is 0 Å². The van der Waals surface area contributed by atoms with Gasteiger partial charge in [-0.15, -0.1) is 0 Å². The molecule has 0 aromatic heterocycles. The average Bonchev–Trinajstić information content (AvgIpc) is 2.74. The van der Waals surface area contributed by atoms with Crippen molar-refractivity contribution in [1.82, 2.24) is 4.72 Å². The lowest BCUT2D eigenvalue weighted by molar-refractivity contribution is 0.0697. The van der Waals surface area contributed by atoms with Crippen LogP contribution >= 0.6 is 11.6 Å². The van der Waals surface area contributed by atoms with Crippen LogP contribution in [-0.4, -0.2) is 25.0 Å². The summed E-state index contributed by atoms with van der Waals surface area (Å²) in [6, 6.07) is 3.69. The summed E-state index contributed by atoms with van der Waals surface area (Å²) >= 11 is 5.74. The molecule has 5 nitrogen and oxygen atoms in total. The number of carbonyl (C=O) groups is 1. The number of rotatable bonds is 4. The minimum Gasteiger partial charge on any atom is -0.478 e. The lowest BCUT2D eigenvalue weighted by Crippen LogP contribution is -2.43. The highest BCUT2D eigenvalue weighted by Crippen LogP contribution is 2.31.